The van der Waals surface area contributed by atoms with Crippen molar-refractivity contribution in [2.75, 3.05) is 81.8 Å². The number of carbonyl (C=O) groups is 7. The first-order valence-electron chi connectivity index (χ1n) is 26.8. The minimum atomic E-state index is -0.399. The van der Waals surface area contributed by atoms with Crippen molar-refractivity contribution < 1.29 is 47.8 Å². The Bertz CT molecular complexity index is 2530. The summed E-state index contributed by atoms with van der Waals surface area (Å²) in [5, 5.41) is 24.8. The van der Waals surface area contributed by atoms with Crippen LogP contribution in [0.3, 0.4) is 0 Å². The van der Waals surface area contributed by atoms with Crippen LogP contribution in [0.15, 0.2) is 36.7 Å². The third-order valence-electron chi connectivity index (χ3n) is 13.5. The van der Waals surface area contributed by atoms with Crippen molar-refractivity contribution in [2.24, 2.45) is 5.92 Å². The van der Waals surface area contributed by atoms with Gasteiger partial charge in [-0.05, 0) is 88.4 Å². The first-order chi connectivity index (χ1) is 36.8. The largest absolute Gasteiger partial charge is 0.379 e. The van der Waals surface area contributed by atoms with Gasteiger partial charge in [0.25, 0.3) is 5.91 Å². The molecular weight excluding hydrogens is 1010 g/mol. The van der Waals surface area contributed by atoms with E-state index in [4.69, 9.17) is 14.2 Å². The zero-order valence-corrected chi connectivity index (χ0v) is 45.6. The number of ketones is 1. The molecule has 1 saturated carbocycles. The Morgan fingerprint density at radius 3 is 2.32 bits per heavy atom. The van der Waals surface area contributed by atoms with Gasteiger partial charge in [0, 0.05) is 99.6 Å². The Morgan fingerprint density at radius 2 is 1.57 bits per heavy atom. The predicted octanol–water partition coefficient (Wildman–Crippen LogP) is 4.93. The molecule has 21 nitrogen and oxygen atoms in total. The van der Waals surface area contributed by atoms with Crippen LogP contribution in [0.4, 0.5) is 26.7 Å². The van der Waals surface area contributed by atoms with Crippen molar-refractivity contribution in [1.82, 2.24) is 47.2 Å². The first-order valence-corrected chi connectivity index (χ1v) is 28.6. The van der Waals surface area contributed by atoms with E-state index in [0.29, 0.717) is 135 Å². The maximum Gasteiger partial charge on any atom is 0.331 e. The van der Waals surface area contributed by atoms with Gasteiger partial charge >= 0.3 is 12.1 Å². The highest BCUT2D eigenvalue weighted by atomic mass is 32.2. The van der Waals surface area contributed by atoms with Gasteiger partial charge in [0.15, 0.2) is 0 Å². The van der Waals surface area contributed by atoms with Crippen LogP contribution < -0.4 is 47.4 Å². The number of amides is 8. The van der Waals surface area contributed by atoms with E-state index in [-0.39, 0.29) is 79.0 Å². The Labute approximate surface area is 452 Å². The number of carbonyl (C=O) groups excluding carboxylic acids is 7. The highest BCUT2D eigenvalue weighted by Crippen LogP contribution is 2.46. The summed E-state index contributed by atoms with van der Waals surface area (Å²) in [6.45, 7) is 11.2. The molecule has 6 heterocycles. The number of hydrogen-bond donors (Lipinski definition) is 8. The van der Waals surface area contributed by atoms with Gasteiger partial charge in [-0.3, -0.25) is 33.9 Å². The molecular formula is C53H75N11O10S2. The smallest absolute Gasteiger partial charge is 0.331 e. The molecule has 0 unspecified atom stereocenters. The van der Waals surface area contributed by atoms with Gasteiger partial charge in [-0.15, -0.1) is 11.3 Å². The second-order valence-corrected chi connectivity index (χ2v) is 22.2. The van der Waals surface area contributed by atoms with Crippen molar-refractivity contribution in [2.45, 2.75) is 127 Å². The van der Waals surface area contributed by atoms with Crippen LogP contribution in [0, 0.1) is 12.8 Å². The van der Waals surface area contributed by atoms with E-state index in [9.17, 15) is 33.6 Å². The molecule has 8 N–H and O–H groups in total. The summed E-state index contributed by atoms with van der Waals surface area (Å²) in [4.78, 5) is 101. The van der Waals surface area contributed by atoms with E-state index in [2.05, 4.69) is 66.3 Å². The number of fused-ring (bicyclic) bond motifs is 1. The Hall–Kier alpha value is -5.72. The second-order valence-electron chi connectivity index (χ2n) is 19.9. The van der Waals surface area contributed by atoms with Gasteiger partial charge in [0.05, 0.1) is 67.2 Å². The zero-order chi connectivity index (χ0) is 53.8. The number of aryl methyl sites for hydroxylation is 1. The number of ether oxygens (including phenoxy) is 3. The number of nitrogens with zero attached hydrogens (tertiary/aromatic N) is 3. The summed E-state index contributed by atoms with van der Waals surface area (Å²) in [5.74, 6) is 0.510. The summed E-state index contributed by atoms with van der Waals surface area (Å²) < 4.78 is 16.8. The summed E-state index contributed by atoms with van der Waals surface area (Å²) in [6.07, 6.45) is 13.3. The van der Waals surface area contributed by atoms with E-state index in [1.165, 1.54) is 17.4 Å². The minimum absolute atomic E-state index is 0.103. The quantitative estimate of drug-likeness (QED) is 0.0228. The molecule has 414 valence electrons. The van der Waals surface area contributed by atoms with Crippen LogP contribution in [-0.4, -0.2) is 152 Å². The van der Waals surface area contributed by atoms with Gasteiger partial charge in [0.1, 0.15) is 15.5 Å². The highest BCUT2D eigenvalue weighted by Gasteiger charge is 2.43. The van der Waals surface area contributed by atoms with E-state index in [0.717, 1.165) is 49.2 Å². The van der Waals surface area contributed by atoms with Crippen LogP contribution >= 0.6 is 23.1 Å². The number of nitrogens with one attached hydrogen (secondary N) is 8. The van der Waals surface area contributed by atoms with Crippen molar-refractivity contribution >= 4 is 91.9 Å². The van der Waals surface area contributed by atoms with Crippen molar-refractivity contribution in [3.8, 4) is 0 Å². The van der Waals surface area contributed by atoms with Gasteiger partial charge in [-0.1, -0.05) is 19.9 Å². The lowest BCUT2D eigenvalue weighted by molar-refractivity contribution is -0.123. The number of aromatic nitrogens is 2. The number of rotatable bonds is 33. The average Bonchev–Trinajstić information content (AvgIpc) is 4.21. The van der Waals surface area contributed by atoms with E-state index in [1.807, 2.05) is 24.8 Å². The lowest BCUT2D eigenvalue weighted by Crippen LogP contribution is -2.48. The summed E-state index contributed by atoms with van der Waals surface area (Å²) in [7, 11) is 0. The highest BCUT2D eigenvalue weighted by molar-refractivity contribution is 8.00. The summed E-state index contributed by atoms with van der Waals surface area (Å²) >= 11 is 3.03. The summed E-state index contributed by atoms with van der Waals surface area (Å²) in [5.41, 5.74) is 3.55. The van der Waals surface area contributed by atoms with Crippen molar-refractivity contribution in [3.05, 3.63) is 52.8 Å². The molecule has 0 spiro atoms. The standard InChI is InChI=1S/C53H75N11O10S2/c1-33(2)29-35-30-34(3)41(31-58-35)64-40-17-22-57-51-46(40)48(63-53(64)71)49(76-51)50(69)60-38-10-4-9-37(38)59-45(68)13-6-19-55-43(66)11-5-12-44(67)56-20-8-24-73-26-28-74-27-25-72-23-7-18-54-21-16-36(65)14-15-42-47-39(32-75-42)61-52(70)62-47/h6,13,17,22,30-31,33,37-39,42,47,54H,4-5,7-12,14-16,18-21,23-29,32H2,1-3H3,(H,55,66)(H,56,67)(H,59,68)(H,60,69)(H,63,71)(H2,61,62,70)/b13-6+/t37-,38+,39-,42-,47-/m0/s1. The molecule has 0 bridgehead atoms. The number of hydrogen-bond acceptors (Lipinski definition) is 15. The average molecular weight is 1090 g/mol. The molecule has 3 aromatic rings. The minimum Gasteiger partial charge on any atom is -0.379 e. The molecule has 3 aromatic heterocycles. The molecule has 1 aliphatic carbocycles. The Morgan fingerprint density at radius 1 is 0.842 bits per heavy atom. The van der Waals surface area contributed by atoms with Gasteiger partial charge in [0.2, 0.25) is 17.7 Å². The molecule has 3 fully saturated rings. The van der Waals surface area contributed by atoms with Gasteiger partial charge < -0.3 is 56.7 Å². The number of thiophene rings is 1. The molecule has 4 aliphatic rings. The molecule has 0 aromatic carbocycles. The molecule has 76 heavy (non-hydrogen) atoms. The summed E-state index contributed by atoms with van der Waals surface area (Å²) in [6, 6.07) is 2.95. The van der Waals surface area contributed by atoms with Crippen LogP contribution in [0.2, 0.25) is 0 Å². The first kappa shape index (κ1) is 58.0. The van der Waals surface area contributed by atoms with Gasteiger partial charge in [-0.2, -0.15) is 11.8 Å². The maximum atomic E-state index is 13.8. The maximum absolute atomic E-state index is 13.8. The van der Waals surface area contributed by atoms with Gasteiger partial charge in [-0.25, -0.2) is 14.6 Å². The number of anilines is 3. The predicted molar refractivity (Wildman–Crippen MR) is 293 cm³/mol. The Balaban J connectivity index is 0.663. The second kappa shape index (κ2) is 29.7. The lowest BCUT2D eigenvalue weighted by atomic mass is 10.0. The van der Waals surface area contributed by atoms with Crippen LogP contribution in [-0.2, 0) is 39.8 Å². The van der Waals surface area contributed by atoms with Crippen LogP contribution in [0.25, 0.3) is 10.2 Å². The molecule has 2 saturated heterocycles. The third kappa shape index (κ3) is 17.1. The number of urea groups is 2. The monoisotopic (exact) mass is 1090 g/mol. The molecule has 3 aliphatic heterocycles. The SMILES string of the molecule is Cc1cc(CC(C)C)ncc1N1C(=O)Nc2c(C(=O)N[C@@H]3CCC[C@@H]3NC(=O)/C=C/CNC(=O)CCCC(=O)NCCCOCCOCCOCCCNCCC(=O)CC[C@@H]3SC[C@@H]4NC(=O)N[C@@H]43)sc3nccc1c23. The third-order valence-corrected chi connectivity index (χ3v) is 16.1. The van der Waals surface area contributed by atoms with Crippen LogP contribution in [0.1, 0.15) is 105 Å². The van der Waals surface area contributed by atoms with Crippen molar-refractivity contribution in [3.63, 3.8) is 0 Å². The topological polar surface area (TPSA) is 272 Å². The Kier molecular flexibility index (Phi) is 22.7. The molecule has 8 amide bonds. The molecule has 7 rings (SSSR count). The van der Waals surface area contributed by atoms with E-state index >= 15 is 0 Å². The van der Waals surface area contributed by atoms with E-state index < -0.39 is 6.03 Å². The number of pyridine rings is 2. The lowest BCUT2D eigenvalue weighted by Gasteiger charge is -2.29. The molecule has 5 atom stereocenters. The van der Waals surface area contributed by atoms with Crippen LogP contribution in [0.5, 0.6) is 0 Å². The molecule has 0 radical (unpaired) electrons. The molecule has 23 heteroatoms. The normalized spacial score (nSPS) is 19.7. The number of Topliss-reactive ketones (excluding diaryl/α,β-unsaturated/α-hetero) is 1. The van der Waals surface area contributed by atoms with Crippen molar-refractivity contribution in [1.29, 1.82) is 0 Å². The fourth-order valence-corrected chi connectivity index (χ4v) is 12.2. The van der Waals surface area contributed by atoms with E-state index in [1.54, 1.807) is 29.4 Å². The fraction of sp³-hybridized carbons (Fsp3) is 0.604. The number of thioether (sulfide) groups is 1. The zero-order valence-electron chi connectivity index (χ0n) is 43.9. The fourth-order valence-electron chi connectivity index (χ4n) is 9.72.